The lowest BCUT2D eigenvalue weighted by atomic mass is 10.1. The molecule has 0 saturated carbocycles. The number of rotatable bonds is 6. The van der Waals surface area contributed by atoms with E-state index in [1.54, 1.807) is 0 Å². The van der Waals surface area contributed by atoms with Gasteiger partial charge in [0.2, 0.25) is 0 Å². The first-order valence-corrected chi connectivity index (χ1v) is 4.32. The molecule has 10 nitrogen and oxygen atoms in total. The fourth-order valence-electron chi connectivity index (χ4n) is 1.24. The van der Waals surface area contributed by atoms with Gasteiger partial charge in [0.25, 0.3) is 0 Å². The zero-order chi connectivity index (χ0) is 13.7. The van der Waals surface area contributed by atoms with Crippen LogP contribution in [0.4, 0.5) is 11.4 Å². The normalized spacial score (nSPS) is 9.33. The number of carboxylic acid groups (broad SMARTS) is 2. The van der Waals surface area contributed by atoms with Gasteiger partial charge in [-0.1, -0.05) is 0 Å². The smallest absolute Gasteiger partial charge is 0.337 e. The van der Waals surface area contributed by atoms with Gasteiger partial charge in [-0.25, -0.2) is 20.4 Å². The van der Waals surface area contributed by atoms with E-state index in [1.807, 2.05) is 10.9 Å². The Morgan fingerprint density at radius 2 is 1.22 bits per heavy atom. The molecule has 0 aliphatic rings. The molecule has 0 aromatic heterocycles. The third-order valence-electron chi connectivity index (χ3n) is 1.95. The van der Waals surface area contributed by atoms with Crippen LogP contribution in [0.1, 0.15) is 20.7 Å². The van der Waals surface area contributed by atoms with E-state index in [0.29, 0.717) is 0 Å². The first-order chi connectivity index (χ1) is 8.51. The summed E-state index contributed by atoms with van der Waals surface area (Å²) in [5, 5.41) is 22.2. The van der Waals surface area contributed by atoms with Gasteiger partial charge < -0.3 is 10.2 Å². The molecule has 0 amide bonds. The van der Waals surface area contributed by atoms with Crippen LogP contribution in [0.2, 0.25) is 0 Å². The molecule has 0 atom stereocenters. The molecule has 0 spiro atoms. The van der Waals surface area contributed by atoms with E-state index in [9.17, 15) is 19.4 Å². The van der Waals surface area contributed by atoms with Gasteiger partial charge in [0.05, 0.1) is 33.1 Å². The molecule has 10 heteroatoms. The Bertz CT molecular complexity index is 481. The lowest BCUT2D eigenvalue weighted by Gasteiger charge is -2.09. The summed E-state index contributed by atoms with van der Waals surface area (Å²) in [7, 11) is 0. The van der Waals surface area contributed by atoms with Gasteiger partial charge in [-0.15, -0.1) is 9.81 Å². The summed E-state index contributed by atoms with van der Waals surface area (Å²) in [6.45, 7) is 0. The highest BCUT2D eigenvalue weighted by Crippen LogP contribution is 2.26. The van der Waals surface area contributed by atoms with Crippen LogP contribution >= 0.6 is 0 Å². The molecule has 0 unspecified atom stereocenters. The van der Waals surface area contributed by atoms with E-state index >= 15 is 0 Å². The summed E-state index contributed by atoms with van der Waals surface area (Å²) >= 11 is 0. The van der Waals surface area contributed by atoms with Crippen molar-refractivity contribution in [3.05, 3.63) is 33.1 Å². The Hall–Kier alpha value is -3.04. The first kappa shape index (κ1) is 13.0. The summed E-state index contributed by atoms with van der Waals surface area (Å²) in [4.78, 5) is 41.8. The zero-order valence-corrected chi connectivity index (χ0v) is 8.58. The van der Waals surface area contributed by atoms with Crippen LogP contribution in [0.3, 0.4) is 0 Å². The average Bonchev–Trinajstić information content (AvgIpc) is 2.30. The van der Waals surface area contributed by atoms with Crippen LogP contribution in [-0.2, 0) is 0 Å². The number of hydrogen-bond donors (Lipinski definition) is 4. The summed E-state index contributed by atoms with van der Waals surface area (Å²) < 4.78 is 0. The molecular weight excluding hydrogens is 248 g/mol. The fourth-order valence-corrected chi connectivity index (χ4v) is 1.24. The van der Waals surface area contributed by atoms with Gasteiger partial charge in [0, 0.05) is 0 Å². The Balaban J connectivity index is 3.48. The molecule has 0 fully saturated rings. The number of hydrogen-bond acceptors (Lipinski definition) is 6. The number of carbonyl (C=O) groups is 2. The molecule has 0 radical (unpaired) electrons. The van der Waals surface area contributed by atoms with Crippen molar-refractivity contribution in [1.29, 1.82) is 0 Å². The number of aromatic carboxylic acids is 2. The van der Waals surface area contributed by atoms with Crippen molar-refractivity contribution in [2.75, 3.05) is 10.9 Å². The van der Waals surface area contributed by atoms with E-state index in [0.717, 1.165) is 12.1 Å². The Kier molecular flexibility index (Phi) is 3.86. The van der Waals surface area contributed by atoms with Crippen molar-refractivity contribution in [1.82, 2.24) is 0 Å². The van der Waals surface area contributed by atoms with Crippen molar-refractivity contribution in [2.24, 2.45) is 10.6 Å². The molecule has 0 aliphatic carbocycles. The van der Waals surface area contributed by atoms with Crippen molar-refractivity contribution in [3.8, 4) is 0 Å². The summed E-state index contributed by atoms with van der Waals surface area (Å²) in [5.41, 5.74) is 2.12. The highest BCUT2D eigenvalue weighted by molar-refractivity contribution is 6.02. The maximum atomic E-state index is 10.9. The third kappa shape index (κ3) is 2.55. The number of anilines is 2. The quantitative estimate of drug-likeness (QED) is 0.436. The molecule has 1 rings (SSSR count). The van der Waals surface area contributed by atoms with E-state index in [-0.39, 0.29) is 11.4 Å². The highest BCUT2D eigenvalue weighted by atomic mass is 16.4. The van der Waals surface area contributed by atoms with Gasteiger partial charge in [0.15, 0.2) is 0 Å². The minimum absolute atomic E-state index is 0.314. The molecule has 0 aliphatic heterocycles. The van der Waals surface area contributed by atoms with E-state index < -0.39 is 23.1 Å². The molecule has 0 saturated heterocycles. The molecule has 0 bridgehead atoms. The van der Waals surface area contributed by atoms with Crippen molar-refractivity contribution >= 4 is 23.3 Å². The number of nitroso groups, excluding NO2 is 2. The number of benzene rings is 1. The fraction of sp³-hybridized carbons (Fsp3) is 0. The van der Waals surface area contributed by atoms with Crippen molar-refractivity contribution < 1.29 is 19.8 Å². The summed E-state index contributed by atoms with van der Waals surface area (Å²) in [5.74, 6) is -2.88. The number of nitrogens with one attached hydrogen (secondary N) is 2. The van der Waals surface area contributed by atoms with Gasteiger partial charge in [0.1, 0.15) is 0 Å². The maximum Gasteiger partial charge on any atom is 0.337 e. The number of carboxylic acids is 2. The van der Waals surface area contributed by atoms with Gasteiger partial charge in [-0.3, -0.25) is 0 Å². The lowest BCUT2D eigenvalue weighted by molar-refractivity contribution is 0.0682. The SMILES string of the molecule is O=NNc1cc(C(=O)O)c(NN=O)cc1C(=O)O. The lowest BCUT2D eigenvalue weighted by Crippen LogP contribution is -2.08. The average molecular weight is 254 g/mol. The van der Waals surface area contributed by atoms with Crippen LogP contribution in [0.25, 0.3) is 0 Å². The Morgan fingerprint density at radius 1 is 0.889 bits per heavy atom. The van der Waals surface area contributed by atoms with Crippen molar-refractivity contribution in [2.45, 2.75) is 0 Å². The highest BCUT2D eigenvalue weighted by Gasteiger charge is 2.19. The predicted molar refractivity (Wildman–Crippen MR) is 59.2 cm³/mol. The van der Waals surface area contributed by atoms with Crippen LogP contribution < -0.4 is 10.9 Å². The third-order valence-corrected chi connectivity index (χ3v) is 1.95. The molecule has 4 N–H and O–H groups in total. The van der Waals surface area contributed by atoms with E-state index in [1.165, 1.54) is 0 Å². The summed E-state index contributed by atoms with van der Waals surface area (Å²) in [6, 6.07) is 1.70. The van der Waals surface area contributed by atoms with Gasteiger partial charge >= 0.3 is 11.9 Å². The largest absolute Gasteiger partial charge is 0.478 e. The van der Waals surface area contributed by atoms with E-state index in [4.69, 9.17) is 10.2 Å². The summed E-state index contributed by atoms with van der Waals surface area (Å²) in [6.07, 6.45) is 0. The molecular formula is C8H6N4O6. The molecule has 1 aromatic carbocycles. The maximum absolute atomic E-state index is 10.9. The Morgan fingerprint density at radius 3 is 1.44 bits per heavy atom. The zero-order valence-electron chi connectivity index (χ0n) is 8.58. The molecule has 18 heavy (non-hydrogen) atoms. The minimum Gasteiger partial charge on any atom is -0.478 e. The van der Waals surface area contributed by atoms with Crippen LogP contribution in [-0.4, -0.2) is 22.2 Å². The van der Waals surface area contributed by atoms with E-state index in [2.05, 4.69) is 10.6 Å². The first-order valence-electron chi connectivity index (χ1n) is 4.32. The second kappa shape index (κ2) is 5.34. The monoisotopic (exact) mass is 254 g/mol. The molecule has 94 valence electrons. The second-order valence-corrected chi connectivity index (χ2v) is 2.96. The molecule has 0 heterocycles. The number of nitrogens with zero attached hydrogens (tertiary/aromatic N) is 2. The standard InChI is InChI=1S/C8H6N4O6/c13-7(14)3-1-5(9-11-17)4(8(15)16)2-6(3)10-12-18/h1-2H,(H,9,17)(H,10,18)(H,13,14)(H,15,16). The van der Waals surface area contributed by atoms with Crippen molar-refractivity contribution in [3.63, 3.8) is 0 Å². The Labute approximate surface area is 98.5 Å². The van der Waals surface area contributed by atoms with Crippen LogP contribution in [0.15, 0.2) is 22.7 Å². The van der Waals surface area contributed by atoms with Crippen LogP contribution in [0.5, 0.6) is 0 Å². The van der Waals surface area contributed by atoms with Gasteiger partial charge in [-0.2, -0.15) is 0 Å². The predicted octanol–water partition coefficient (Wildman–Crippen LogP) is 1.27. The van der Waals surface area contributed by atoms with Gasteiger partial charge in [-0.05, 0) is 12.1 Å². The second-order valence-electron chi connectivity index (χ2n) is 2.96. The molecule has 1 aromatic rings. The topological polar surface area (TPSA) is 158 Å². The minimum atomic E-state index is -1.44. The van der Waals surface area contributed by atoms with Crippen LogP contribution in [0, 0.1) is 9.81 Å².